The summed E-state index contributed by atoms with van der Waals surface area (Å²) in [4.78, 5) is 0. The van der Waals surface area contributed by atoms with Gasteiger partial charge in [-0.15, -0.1) is 5.10 Å². The van der Waals surface area contributed by atoms with Crippen LogP contribution in [0.15, 0.2) is 0 Å². The third-order valence-corrected chi connectivity index (χ3v) is 4.67. The number of thioether (sulfide) groups is 1. The van der Waals surface area contributed by atoms with Gasteiger partial charge in [0.2, 0.25) is 0 Å². The van der Waals surface area contributed by atoms with Gasteiger partial charge in [-0.05, 0) is 35.4 Å². The van der Waals surface area contributed by atoms with E-state index in [2.05, 4.69) is 39.5 Å². The number of hydrogen-bond acceptors (Lipinski definition) is 6. The minimum Gasteiger partial charge on any atom is -0.383 e. The summed E-state index contributed by atoms with van der Waals surface area (Å²) >= 11 is 2.06. The number of hydrogen-bond donors (Lipinski definition) is 1. The second kappa shape index (κ2) is 7.81. The van der Waals surface area contributed by atoms with Crippen molar-refractivity contribution in [3.63, 3.8) is 0 Å². The van der Waals surface area contributed by atoms with E-state index >= 15 is 0 Å². The molecule has 1 aromatic rings. The van der Waals surface area contributed by atoms with E-state index in [1.165, 1.54) is 25.0 Å². The monoisotopic (exact) mass is 285 g/mol. The Hall–Kier alpha value is -0.660. The summed E-state index contributed by atoms with van der Waals surface area (Å²) < 4.78 is 7.02. The quantitative estimate of drug-likeness (QED) is 0.725. The Labute approximate surface area is 118 Å². The van der Waals surface area contributed by atoms with Crippen molar-refractivity contribution in [2.45, 2.75) is 44.0 Å². The fourth-order valence-electron chi connectivity index (χ4n) is 2.51. The first-order chi connectivity index (χ1) is 9.35. The van der Waals surface area contributed by atoms with Gasteiger partial charge in [-0.25, -0.2) is 4.68 Å². The van der Waals surface area contributed by atoms with Gasteiger partial charge in [-0.1, -0.05) is 6.92 Å². The molecule has 0 aliphatic heterocycles. The van der Waals surface area contributed by atoms with Gasteiger partial charge in [0.05, 0.1) is 19.2 Å². The summed E-state index contributed by atoms with van der Waals surface area (Å²) in [5.41, 5.74) is 0. The molecular weight excluding hydrogens is 262 g/mol. The van der Waals surface area contributed by atoms with Crippen LogP contribution in [0.25, 0.3) is 0 Å². The average Bonchev–Trinajstić information content (AvgIpc) is 3.03. The van der Waals surface area contributed by atoms with Gasteiger partial charge in [0, 0.05) is 18.9 Å². The van der Waals surface area contributed by atoms with Crippen LogP contribution < -0.4 is 5.32 Å². The van der Waals surface area contributed by atoms with Crippen LogP contribution in [0.5, 0.6) is 0 Å². The van der Waals surface area contributed by atoms with E-state index in [-0.39, 0.29) is 0 Å². The summed E-state index contributed by atoms with van der Waals surface area (Å²) in [6.45, 7) is 4.46. The van der Waals surface area contributed by atoms with E-state index in [4.69, 9.17) is 4.74 Å². The Bertz CT molecular complexity index is 373. The molecule has 2 atom stereocenters. The summed E-state index contributed by atoms with van der Waals surface area (Å²) in [5, 5.41) is 16.2. The second-order valence-corrected chi connectivity index (χ2v) is 6.33. The molecule has 2 rings (SSSR count). The van der Waals surface area contributed by atoms with Crippen molar-refractivity contribution in [2.75, 3.05) is 26.0 Å². The molecule has 1 aliphatic rings. The number of rotatable bonds is 8. The second-order valence-electron chi connectivity index (χ2n) is 4.75. The number of aromatic nitrogens is 4. The fourth-order valence-corrected chi connectivity index (χ4v) is 3.65. The molecule has 6 nitrogen and oxygen atoms in total. The molecule has 7 heteroatoms. The van der Waals surface area contributed by atoms with Gasteiger partial charge in [-0.2, -0.15) is 11.8 Å². The molecule has 0 saturated heterocycles. The predicted octanol–water partition coefficient (Wildman–Crippen LogP) is 1.26. The van der Waals surface area contributed by atoms with Crippen LogP contribution in [0.2, 0.25) is 0 Å². The lowest BCUT2D eigenvalue weighted by atomic mass is 10.2. The van der Waals surface area contributed by atoms with Crippen LogP contribution in [-0.2, 0) is 11.3 Å². The lowest BCUT2D eigenvalue weighted by Gasteiger charge is -2.13. The van der Waals surface area contributed by atoms with Crippen molar-refractivity contribution >= 4 is 11.8 Å². The molecule has 1 N–H and O–H groups in total. The smallest absolute Gasteiger partial charge is 0.165 e. The molecule has 1 aliphatic carbocycles. The van der Waals surface area contributed by atoms with Crippen LogP contribution >= 0.6 is 11.8 Å². The number of nitrogens with zero attached hydrogens (tertiary/aromatic N) is 4. The lowest BCUT2D eigenvalue weighted by molar-refractivity contribution is 0.198. The summed E-state index contributed by atoms with van der Waals surface area (Å²) in [6, 6.07) is 0.471. The van der Waals surface area contributed by atoms with Crippen molar-refractivity contribution in [1.29, 1.82) is 0 Å². The Morgan fingerprint density at radius 1 is 1.47 bits per heavy atom. The topological polar surface area (TPSA) is 64.9 Å². The summed E-state index contributed by atoms with van der Waals surface area (Å²) in [7, 11) is 1.70. The van der Waals surface area contributed by atoms with Crippen LogP contribution in [-0.4, -0.2) is 51.5 Å². The maximum Gasteiger partial charge on any atom is 0.165 e. The highest BCUT2D eigenvalue weighted by Crippen LogP contribution is 2.36. The third-order valence-electron chi connectivity index (χ3n) is 3.43. The van der Waals surface area contributed by atoms with Gasteiger partial charge >= 0.3 is 0 Å². The van der Waals surface area contributed by atoms with Gasteiger partial charge in [-0.3, -0.25) is 0 Å². The SMILES string of the molecule is CCSC1CCC(n2nnnc2CNCCOC)C1. The molecule has 108 valence electrons. The Morgan fingerprint density at radius 3 is 3.16 bits per heavy atom. The zero-order valence-electron chi connectivity index (χ0n) is 11.7. The van der Waals surface area contributed by atoms with Gasteiger partial charge in [0.15, 0.2) is 5.82 Å². The van der Waals surface area contributed by atoms with Crippen LogP contribution in [0.4, 0.5) is 0 Å². The fraction of sp³-hybridized carbons (Fsp3) is 0.917. The van der Waals surface area contributed by atoms with Crippen molar-refractivity contribution in [2.24, 2.45) is 0 Å². The summed E-state index contributed by atoms with van der Waals surface area (Å²) in [6.07, 6.45) is 3.65. The molecule has 19 heavy (non-hydrogen) atoms. The van der Waals surface area contributed by atoms with Crippen molar-refractivity contribution in [3.05, 3.63) is 5.82 Å². The van der Waals surface area contributed by atoms with Crippen LogP contribution in [0.1, 0.15) is 38.1 Å². The lowest BCUT2D eigenvalue weighted by Crippen LogP contribution is -2.22. The van der Waals surface area contributed by atoms with E-state index in [1.807, 2.05) is 4.68 Å². The zero-order chi connectivity index (χ0) is 13.5. The molecule has 1 fully saturated rings. The molecule has 0 bridgehead atoms. The molecular formula is C12H23N5OS. The third kappa shape index (κ3) is 4.15. The van der Waals surface area contributed by atoms with Crippen molar-refractivity contribution in [3.8, 4) is 0 Å². The number of methoxy groups -OCH3 is 1. The zero-order valence-corrected chi connectivity index (χ0v) is 12.5. The van der Waals surface area contributed by atoms with Crippen LogP contribution in [0.3, 0.4) is 0 Å². The highest BCUT2D eigenvalue weighted by Gasteiger charge is 2.28. The maximum absolute atomic E-state index is 5.01. The largest absolute Gasteiger partial charge is 0.383 e. The van der Waals surface area contributed by atoms with Gasteiger partial charge in [0.25, 0.3) is 0 Å². The van der Waals surface area contributed by atoms with Crippen molar-refractivity contribution < 1.29 is 4.74 Å². The van der Waals surface area contributed by atoms with E-state index < -0.39 is 0 Å². The highest BCUT2D eigenvalue weighted by atomic mass is 32.2. The first-order valence-electron chi connectivity index (χ1n) is 6.93. The predicted molar refractivity (Wildman–Crippen MR) is 76.2 cm³/mol. The van der Waals surface area contributed by atoms with Crippen molar-refractivity contribution in [1.82, 2.24) is 25.5 Å². The first-order valence-corrected chi connectivity index (χ1v) is 7.98. The molecule has 0 aromatic carbocycles. The van der Waals surface area contributed by atoms with Gasteiger partial charge in [0.1, 0.15) is 0 Å². The van der Waals surface area contributed by atoms with E-state index in [0.717, 1.165) is 17.6 Å². The van der Waals surface area contributed by atoms with Crippen LogP contribution in [0, 0.1) is 0 Å². The standard InChI is InChI=1S/C12H23N5OS/c1-3-19-11-5-4-10(8-11)17-12(14-15-16-17)9-13-6-7-18-2/h10-11,13H,3-9H2,1-2H3. The summed E-state index contributed by atoms with van der Waals surface area (Å²) in [5.74, 6) is 2.13. The number of nitrogens with one attached hydrogen (secondary N) is 1. The minimum absolute atomic E-state index is 0.471. The normalized spacial score (nSPS) is 23.1. The van der Waals surface area contributed by atoms with E-state index in [1.54, 1.807) is 7.11 Å². The molecule has 0 radical (unpaired) electrons. The molecule has 1 saturated carbocycles. The Balaban J connectivity index is 1.85. The average molecular weight is 285 g/mol. The highest BCUT2D eigenvalue weighted by molar-refractivity contribution is 7.99. The van der Waals surface area contributed by atoms with Gasteiger partial charge < -0.3 is 10.1 Å². The first kappa shape index (κ1) is 14.7. The Morgan fingerprint density at radius 2 is 2.37 bits per heavy atom. The molecule has 1 aromatic heterocycles. The van der Waals surface area contributed by atoms with E-state index in [9.17, 15) is 0 Å². The van der Waals surface area contributed by atoms with E-state index in [0.29, 0.717) is 19.2 Å². The molecule has 2 unspecified atom stereocenters. The molecule has 0 spiro atoms. The number of tetrazole rings is 1. The molecule has 1 heterocycles. The Kier molecular flexibility index (Phi) is 6.06. The minimum atomic E-state index is 0.471. The number of ether oxygens (including phenoxy) is 1. The molecule has 0 amide bonds. The maximum atomic E-state index is 5.01.